The van der Waals surface area contributed by atoms with E-state index in [2.05, 4.69) is 0 Å². The molecule has 5 atom stereocenters. The Labute approximate surface area is 209 Å². The molecule has 1 unspecified atom stereocenters. The summed E-state index contributed by atoms with van der Waals surface area (Å²) in [4.78, 5) is 0. The van der Waals surface area contributed by atoms with Gasteiger partial charge in [0, 0.05) is 0 Å². The lowest BCUT2D eigenvalue weighted by Crippen LogP contribution is -2.55. The quantitative estimate of drug-likeness (QED) is 0.321. The summed E-state index contributed by atoms with van der Waals surface area (Å²) in [6.07, 6.45) is -1.49. The van der Waals surface area contributed by atoms with Crippen molar-refractivity contribution in [1.29, 1.82) is 0 Å². The highest BCUT2D eigenvalue weighted by Gasteiger charge is 2.56. The van der Waals surface area contributed by atoms with Crippen LogP contribution in [-0.4, -0.2) is 50.5 Å². The van der Waals surface area contributed by atoms with E-state index in [1.807, 2.05) is 91.0 Å². The SMILES string of the molecule is [BH3-][P+]1(OC)O[C@H](COCc2ccccc2)[C@@H](OCc2ccccc2)[C@H](OCc2ccccc2)[C@@H]1O. The topological polar surface area (TPSA) is 66.4 Å². The molecule has 1 N–H and O–H groups in total. The van der Waals surface area contributed by atoms with E-state index < -0.39 is 39.3 Å². The Kier molecular flexibility index (Phi) is 9.47. The van der Waals surface area contributed by atoms with E-state index in [1.54, 1.807) is 7.11 Å². The first-order valence-electron chi connectivity index (χ1n) is 11.4. The van der Waals surface area contributed by atoms with Gasteiger partial charge in [-0.3, -0.25) is 4.52 Å². The fraction of sp³-hybridized carbons (Fsp3) is 0.333. The summed E-state index contributed by atoms with van der Waals surface area (Å²) in [7, 11) is -1.24. The molecule has 0 spiro atoms. The van der Waals surface area contributed by atoms with E-state index in [0.717, 1.165) is 16.7 Å². The fourth-order valence-corrected chi connectivity index (χ4v) is 5.19. The molecule has 0 bridgehead atoms. The Bertz CT molecular complexity index is 1010. The minimum Gasteiger partial charge on any atom is -0.374 e. The first-order chi connectivity index (χ1) is 17.1. The Morgan fingerprint density at radius 1 is 0.743 bits per heavy atom. The molecular weight excluding hydrogens is 462 g/mol. The molecule has 1 aliphatic rings. The predicted octanol–water partition coefficient (Wildman–Crippen LogP) is 3.87. The van der Waals surface area contributed by atoms with Gasteiger partial charge in [0.15, 0.2) is 13.7 Å². The van der Waals surface area contributed by atoms with Crippen LogP contribution in [-0.2, 0) is 43.1 Å². The van der Waals surface area contributed by atoms with Crippen LogP contribution in [0.1, 0.15) is 16.7 Å². The highest BCUT2D eigenvalue weighted by Crippen LogP contribution is 2.64. The van der Waals surface area contributed by atoms with Gasteiger partial charge in [-0.25, -0.2) is 4.52 Å². The largest absolute Gasteiger partial charge is 0.374 e. The second-order valence-electron chi connectivity index (χ2n) is 8.05. The van der Waals surface area contributed by atoms with Gasteiger partial charge >= 0.3 is 0 Å². The van der Waals surface area contributed by atoms with E-state index in [9.17, 15) is 5.11 Å². The zero-order chi connectivity index (χ0) is 24.5. The lowest BCUT2D eigenvalue weighted by Gasteiger charge is -2.46. The zero-order valence-electron chi connectivity index (χ0n) is 19.2. The van der Waals surface area contributed by atoms with E-state index in [0.29, 0.717) is 26.4 Å². The Hall–Kier alpha value is -2.09. The summed E-state index contributed by atoms with van der Waals surface area (Å²) < 4.78 is 31.1. The van der Waals surface area contributed by atoms with Crippen LogP contribution in [0.25, 0.3) is 0 Å². The number of rotatable bonds is 11. The van der Waals surface area contributed by atoms with Gasteiger partial charge < -0.3 is 19.3 Å². The highest BCUT2D eigenvalue weighted by atomic mass is 31.2. The lowest BCUT2D eigenvalue weighted by molar-refractivity contribution is -0.177. The molecule has 3 aromatic rings. The molecule has 0 aliphatic carbocycles. The van der Waals surface area contributed by atoms with Crippen molar-refractivity contribution in [3.05, 3.63) is 108 Å². The summed E-state index contributed by atoms with van der Waals surface area (Å²) in [6.45, 7) is 1.55. The molecular formula is C27H34BO6P. The zero-order valence-corrected chi connectivity index (χ0v) is 20.1. The maximum Gasteiger partial charge on any atom is 0.204 e. The third kappa shape index (κ3) is 6.99. The molecule has 186 valence electrons. The fourth-order valence-electron chi connectivity index (χ4n) is 3.82. The molecule has 1 saturated heterocycles. The molecule has 6 nitrogen and oxygen atoms in total. The predicted molar refractivity (Wildman–Crippen MR) is 141 cm³/mol. The monoisotopic (exact) mass is 496 g/mol. The molecule has 0 amide bonds. The number of hydrogen-bond acceptors (Lipinski definition) is 6. The summed E-state index contributed by atoms with van der Waals surface area (Å²) in [6, 6.07) is 30.0. The van der Waals surface area contributed by atoms with Gasteiger partial charge in [0.1, 0.15) is 19.8 Å². The molecule has 8 heteroatoms. The molecule has 0 saturated carbocycles. The number of benzene rings is 3. The molecule has 3 aromatic carbocycles. The van der Waals surface area contributed by atoms with Crippen molar-refractivity contribution in [2.75, 3.05) is 13.7 Å². The smallest absolute Gasteiger partial charge is 0.204 e. The Morgan fingerprint density at radius 2 is 1.20 bits per heavy atom. The van der Waals surface area contributed by atoms with Gasteiger partial charge in [-0.1, -0.05) is 91.0 Å². The van der Waals surface area contributed by atoms with Crippen LogP contribution in [0.2, 0.25) is 0 Å². The summed E-state index contributed by atoms with van der Waals surface area (Å²) in [5.41, 5.74) is 3.17. The molecule has 4 rings (SSSR count). The summed E-state index contributed by atoms with van der Waals surface area (Å²) in [5.74, 6) is -0.845. The van der Waals surface area contributed by atoms with Crippen LogP contribution < -0.4 is 0 Å². The average molecular weight is 496 g/mol. The van der Waals surface area contributed by atoms with Gasteiger partial charge in [0.05, 0.1) is 33.5 Å². The third-order valence-electron chi connectivity index (χ3n) is 5.58. The molecule has 35 heavy (non-hydrogen) atoms. The van der Waals surface area contributed by atoms with Crippen LogP contribution in [0.3, 0.4) is 0 Å². The van der Waals surface area contributed by atoms with Gasteiger partial charge in [-0.05, 0) is 16.7 Å². The summed E-state index contributed by atoms with van der Waals surface area (Å²) >= 11 is 0. The van der Waals surface area contributed by atoms with Crippen molar-refractivity contribution in [3.8, 4) is 0 Å². The lowest BCUT2D eigenvalue weighted by atomic mass is 10.1. The van der Waals surface area contributed by atoms with E-state index in [-0.39, 0.29) is 0 Å². The first-order valence-corrected chi connectivity index (χ1v) is 12.6. The minimum absolute atomic E-state index is 0.323. The Balaban J connectivity index is 1.53. The van der Waals surface area contributed by atoms with Crippen molar-refractivity contribution in [3.63, 3.8) is 0 Å². The molecule has 1 aliphatic heterocycles. The number of aliphatic hydroxyl groups is 1. The first kappa shape index (κ1) is 26.0. The van der Waals surface area contributed by atoms with Crippen LogP contribution >= 0.6 is 7.59 Å². The number of aliphatic hydroxyl groups excluding tert-OH is 1. The van der Waals surface area contributed by atoms with Crippen LogP contribution in [0.5, 0.6) is 0 Å². The van der Waals surface area contributed by atoms with Crippen molar-refractivity contribution in [2.24, 2.45) is 0 Å². The maximum atomic E-state index is 11.4. The standard InChI is InChI=1S/C27H34BO6P/c1-30-35(28)27(29)26(33-19-23-15-9-4-10-16-23)25(32-18-22-13-7-3-8-14-22)24(34-35)20-31-17-21-11-5-2-6-12-21/h2-16,24-27,29H,17-20H2,1,28H3/t24-,25-,26+,27-,35?/m1/s1. The number of hydrogen-bond donors (Lipinski definition) is 1. The van der Waals surface area contributed by atoms with Crippen molar-refractivity contribution in [2.45, 2.75) is 44.0 Å². The molecule has 0 aromatic heterocycles. The van der Waals surface area contributed by atoms with E-state index >= 15 is 0 Å². The van der Waals surface area contributed by atoms with Gasteiger partial charge in [0.2, 0.25) is 5.85 Å². The normalized spacial score (nSPS) is 26.5. The van der Waals surface area contributed by atoms with E-state index in [1.165, 1.54) is 0 Å². The van der Waals surface area contributed by atoms with Crippen molar-refractivity contribution >= 4 is 15.2 Å². The van der Waals surface area contributed by atoms with Gasteiger partial charge in [-0.2, -0.15) is 0 Å². The maximum absolute atomic E-state index is 11.4. The summed E-state index contributed by atoms with van der Waals surface area (Å²) in [5, 5.41) is 11.4. The van der Waals surface area contributed by atoms with Gasteiger partial charge in [-0.15, -0.1) is 0 Å². The van der Waals surface area contributed by atoms with Crippen LogP contribution in [0, 0.1) is 0 Å². The molecule has 0 radical (unpaired) electrons. The van der Waals surface area contributed by atoms with Crippen LogP contribution in [0.4, 0.5) is 0 Å². The van der Waals surface area contributed by atoms with Crippen LogP contribution in [0.15, 0.2) is 91.0 Å². The second-order valence-corrected chi connectivity index (χ2v) is 9.72. The highest BCUT2D eigenvalue weighted by molar-refractivity contribution is 7.90. The average Bonchev–Trinajstić information content (AvgIpc) is 2.91. The van der Waals surface area contributed by atoms with Gasteiger partial charge in [0.25, 0.3) is 0 Å². The second kappa shape index (κ2) is 12.7. The third-order valence-corrected chi connectivity index (χ3v) is 7.15. The Morgan fingerprint density at radius 3 is 1.69 bits per heavy atom. The minimum atomic E-state index is -2.39. The van der Waals surface area contributed by atoms with E-state index in [4.69, 9.17) is 23.3 Å². The van der Waals surface area contributed by atoms with Crippen molar-refractivity contribution < 1.29 is 28.4 Å². The van der Waals surface area contributed by atoms with Crippen molar-refractivity contribution in [1.82, 2.24) is 0 Å². The molecule has 1 fully saturated rings. The molecule has 1 heterocycles. The number of ether oxygens (including phenoxy) is 3.